The van der Waals surface area contributed by atoms with E-state index in [2.05, 4.69) is 24.2 Å². The Morgan fingerprint density at radius 3 is 2.42 bits per heavy atom. The third-order valence-electron chi connectivity index (χ3n) is 5.18. The fraction of sp³-hybridized carbons (Fsp3) is 1.00. The van der Waals surface area contributed by atoms with Crippen molar-refractivity contribution >= 4 is 0 Å². The van der Waals surface area contributed by atoms with Gasteiger partial charge in [0.1, 0.15) is 0 Å². The molecule has 2 aliphatic rings. The molecule has 0 saturated heterocycles. The first-order chi connectivity index (χ1) is 9.19. The molecule has 0 amide bonds. The Morgan fingerprint density at radius 2 is 1.89 bits per heavy atom. The van der Waals surface area contributed by atoms with Crippen LogP contribution in [0.5, 0.6) is 0 Å². The van der Waals surface area contributed by atoms with Crippen molar-refractivity contribution < 1.29 is 5.11 Å². The van der Waals surface area contributed by atoms with Crippen molar-refractivity contribution in [3.05, 3.63) is 0 Å². The van der Waals surface area contributed by atoms with E-state index in [1.165, 1.54) is 51.5 Å². The minimum atomic E-state index is -0.0162. The van der Waals surface area contributed by atoms with E-state index >= 15 is 0 Å². The zero-order chi connectivity index (χ0) is 13.7. The zero-order valence-electron chi connectivity index (χ0n) is 12.8. The number of hydrogen-bond donors (Lipinski definition) is 2. The van der Waals surface area contributed by atoms with Gasteiger partial charge in [0.05, 0.1) is 6.61 Å². The first kappa shape index (κ1) is 15.3. The van der Waals surface area contributed by atoms with E-state index in [1.54, 1.807) is 0 Å². The summed E-state index contributed by atoms with van der Waals surface area (Å²) in [5, 5.41) is 13.4. The Morgan fingerprint density at radius 1 is 1.21 bits per heavy atom. The number of nitrogens with one attached hydrogen (secondary N) is 1. The molecule has 0 spiro atoms. The minimum absolute atomic E-state index is 0.0162. The van der Waals surface area contributed by atoms with Crippen LogP contribution in [-0.2, 0) is 0 Å². The molecule has 1 atom stereocenters. The summed E-state index contributed by atoms with van der Waals surface area (Å²) in [6.07, 6.45) is 11.5. The van der Waals surface area contributed by atoms with Gasteiger partial charge in [0, 0.05) is 17.6 Å². The molecule has 0 aromatic heterocycles. The normalized spacial score (nSPS) is 24.0. The highest BCUT2D eigenvalue weighted by molar-refractivity contribution is 4.94. The second-order valence-electron chi connectivity index (χ2n) is 6.73. The summed E-state index contributed by atoms with van der Waals surface area (Å²) in [5.41, 5.74) is -0.0162. The van der Waals surface area contributed by atoms with Crippen LogP contribution in [0.25, 0.3) is 0 Å². The topological polar surface area (TPSA) is 35.5 Å². The van der Waals surface area contributed by atoms with E-state index in [4.69, 9.17) is 0 Å². The average Bonchev–Trinajstić information content (AvgIpc) is 3.07. The summed E-state index contributed by atoms with van der Waals surface area (Å²) in [6, 6.07) is 1.50. The van der Waals surface area contributed by atoms with Gasteiger partial charge in [-0.05, 0) is 58.5 Å². The van der Waals surface area contributed by atoms with Crippen molar-refractivity contribution in [2.45, 2.75) is 82.3 Å². The van der Waals surface area contributed by atoms with Gasteiger partial charge in [0.25, 0.3) is 0 Å². The molecule has 2 N–H and O–H groups in total. The van der Waals surface area contributed by atoms with E-state index in [9.17, 15) is 5.11 Å². The van der Waals surface area contributed by atoms with Crippen molar-refractivity contribution in [1.82, 2.24) is 10.2 Å². The van der Waals surface area contributed by atoms with Crippen LogP contribution >= 0.6 is 0 Å². The fourth-order valence-corrected chi connectivity index (χ4v) is 3.44. The Hall–Kier alpha value is -0.120. The van der Waals surface area contributed by atoms with Crippen LogP contribution < -0.4 is 5.32 Å². The van der Waals surface area contributed by atoms with Crippen LogP contribution in [-0.4, -0.2) is 47.8 Å². The van der Waals surface area contributed by atoms with Crippen LogP contribution in [0.1, 0.15) is 64.7 Å². The summed E-state index contributed by atoms with van der Waals surface area (Å²) in [4.78, 5) is 2.54. The van der Waals surface area contributed by atoms with E-state index in [0.717, 1.165) is 18.9 Å². The van der Waals surface area contributed by atoms with Crippen LogP contribution in [0.4, 0.5) is 0 Å². The largest absolute Gasteiger partial charge is 0.394 e. The lowest BCUT2D eigenvalue weighted by Gasteiger charge is -2.33. The van der Waals surface area contributed by atoms with Crippen LogP contribution in [0.15, 0.2) is 0 Å². The molecule has 19 heavy (non-hydrogen) atoms. The number of hydrogen-bond acceptors (Lipinski definition) is 3. The highest BCUT2D eigenvalue weighted by Crippen LogP contribution is 2.27. The standard InChI is InChI=1S/C16H32N2O/c1-3-16(13-19,17-14-9-10-14)11-6-12-18(2)15-7-4-5-8-15/h14-15,17,19H,3-13H2,1-2H3. The monoisotopic (exact) mass is 268 g/mol. The SMILES string of the molecule is CCC(CO)(CCCN(C)C1CCCC1)NC1CC1. The number of aliphatic hydroxyl groups is 1. The lowest BCUT2D eigenvalue weighted by atomic mass is 9.90. The Kier molecular flexibility index (Phi) is 5.67. The molecule has 0 bridgehead atoms. The van der Waals surface area contributed by atoms with Crippen molar-refractivity contribution in [2.24, 2.45) is 0 Å². The molecule has 2 fully saturated rings. The summed E-state index contributed by atoms with van der Waals surface area (Å²) >= 11 is 0. The second-order valence-corrected chi connectivity index (χ2v) is 6.73. The second kappa shape index (κ2) is 7.05. The summed E-state index contributed by atoms with van der Waals surface area (Å²) in [5.74, 6) is 0. The molecule has 3 heteroatoms. The van der Waals surface area contributed by atoms with Gasteiger partial charge >= 0.3 is 0 Å². The number of aliphatic hydroxyl groups excluding tert-OH is 1. The molecule has 2 saturated carbocycles. The van der Waals surface area contributed by atoms with Crippen LogP contribution in [0, 0.1) is 0 Å². The lowest BCUT2D eigenvalue weighted by Crippen LogP contribution is -2.49. The van der Waals surface area contributed by atoms with E-state index in [-0.39, 0.29) is 12.1 Å². The van der Waals surface area contributed by atoms with Crippen molar-refractivity contribution in [3.63, 3.8) is 0 Å². The smallest absolute Gasteiger partial charge is 0.0613 e. The molecule has 2 rings (SSSR count). The third kappa shape index (κ3) is 4.44. The van der Waals surface area contributed by atoms with Gasteiger partial charge in [-0.25, -0.2) is 0 Å². The molecule has 112 valence electrons. The Balaban J connectivity index is 1.71. The first-order valence-corrected chi connectivity index (χ1v) is 8.28. The number of nitrogens with zero attached hydrogens (tertiary/aromatic N) is 1. The summed E-state index contributed by atoms with van der Waals surface area (Å²) < 4.78 is 0. The minimum Gasteiger partial charge on any atom is -0.394 e. The quantitative estimate of drug-likeness (QED) is 0.674. The Labute approximate surface area is 118 Å². The molecule has 0 heterocycles. The van der Waals surface area contributed by atoms with Gasteiger partial charge in [-0.1, -0.05) is 19.8 Å². The van der Waals surface area contributed by atoms with Crippen LogP contribution in [0.2, 0.25) is 0 Å². The maximum absolute atomic E-state index is 9.75. The van der Waals surface area contributed by atoms with Gasteiger partial charge in [-0.15, -0.1) is 0 Å². The zero-order valence-corrected chi connectivity index (χ0v) is 12.8. The Bertz CT molecular complexity index is 255. The molecule has 2 aliphatic carbocycles. The molecule has 1 unspecified atom stereocenters. The highest BCUT2D eigenvalue weighted by atomic mass is 16.3. The van der Waals surface area contributed by atoms with Gasteiger partial charge in [-0.3, -0.25) is 0 Å². The van der Waals surface area contributed by atoms with Gasteiger partial charge in [0.15, 0.2) is 0 Å². The summed E-state index contributed by atoms with van der Waals surface area (Å²) in [7, 11) is 2.27. The van der Waals surface area contributed by atoms with E-state index in [0.29, 0.717) is 6.04 Å². The predicted molar refractivity (Wildman–Crippen MR) is 80.4 cm³/mol. The molecular weight excluding hydrogens is 236 g/mol. The molecule has 0 radical (unpaired) electrons. The average molecular weight is 268 g/mol. The molecular formula is C16H32N2O. The van der Waals surface area contributed by atoms with E-state index in [1.807, 2.05) is 0 Å². The van der Waals surface area contributed by atoms with Crippen molar-refractivity contribution in [3.8, 4) is 0 Å². The molecule has 0 aromatic rings. The molecule has 0 aromatic carbocycles. The lowest BCUT2D eigenvalue weighted by molar-refractivity contribution is 0.134. The molecule has 0 aliphatic heterocycles. The van der Waals surface area contributed by atoms with Crippen molar-refractivity contribution in [1.29, 1.82) is 0 Å². The first-order valence-electron chi connectivity index (χ1n) is 8.28. The maximum atomic E-state index is 9.75. The highest BCUT2D eigenvalue weighted by Gasteiger charge is 2.34. The van der Waals surface area contributed by atoms with Gasteiger partial charge in [0.2, 0.25) is 0 Å². The predicted octanol–water partition coefficient (Wildman–Crippen LogP) is 2.53. The van der Waals surface area contributed by atoms with E-state index < -0.39 is 0 Å². The van der Waals surface area contributed by atoms with Crippen LogP contribution in [0.3, 0.4) is 0 Å². The summed E-state index contributed by atoms with van der Waals surface area (Å²) in [6.45, 7) is 3.66. The van der Waals surface area contributed by atoms with Crippen molar-refractivity contribution in [2.75, 3.05) is 20.2 Å². The fourth-order valence-electron chi connectivity index (χ4n) is 3.44. The number of rotatable bonds is 9. The van der Waals surface area contributed by atoms with Gasteiger partial charge < -0.3 is 15.3 Å². The third-order valence-corrected chi connectivity index (χ3v) is 5.18. The maximum Gasteiger partial charge on any atom is 0.0613 e. The van der Waals surface area contributed by atoms with Gasteiger partial charge in [-0.2, -0.15) is 0 Å². The molecule has 3 nitrogen and oxygen atoms in total.